The van der Waals surface area contributed by atoms with Gasteiger partial charge in [0.1, 0.15) is 11.5 Å². The van der Waals surface area contributed by atoms with E-state index in [1.807, 2.05) is 36.4 Å². The van der Waals surface area contributed by atoms with Crippen LogP contribution in [-0.2, 0) is 14.6 Å². The van der Waals surface area contributed by atoms with Crippen LogP contribution in [0.5, 0.6) is 5.75 Å². The second-order valence-electron chi connectivity index (χ2n) is 6.19. The van der Waals surface area contributed by atoms with Crippen LogP contribution in [0.25, 0.3) is 10.8 Å². The fraction of sp³-hybridized carbons (Fsp3) is 0.150. The molecular formula is C20H17NO4S. The maximum atomic E-state index is 12.8. The highest BCUT2D eigenvalue weighted by molar-refractivity contribution is 7.93. The Morgan fingerprint density at radius 3 is 2.38 bits per heavy atom. The van der Waals surface area contributed by atoms with Gasteiger partial charge >= 0.3 is 0 Å². The van der Waals surface area contributed by atoms with Gasteiger partial charge < -0.3 is 4.74 Å². The topological polar surface area (TPSA) is 63.7 Å². The number of nitrogens with zero attached hydrogens (tertiary/aromatic N) is 1. The first-order valence-electron chi connectivity index (χ1n) is 8.16. The Kier molecular flexibility index (Phi) is 3.92. The first-order chi connectivity index (χ1) is 12.5. The van der Waals surface area contributed by atoms with E-state index in [0.29, 0.717) is 17.0 Å². The average Bonchev–Trinajstić information content (AvgIpc) is 2.89. The molecule has 1 atom stereocenters. The molecule has 6 heteroatoms. The summed E-state index contributed by atoms with van der Waals surface area (Å²) in [6, 6.07) is 20.0. The third-order valence-electron chi connectivity index (χ3n) is 4.60. The fourth-order valence-electron chi connectivity index (χ4n) is 3.42. The molecule has 1 fully saturated rings. The monoisotopic (exact) mass is 367 g/mol. The third-order valence-corrected chi connectivity index (χ3v) is 6.41. The van der Waals surface area contributed by atoms with Crippen molar-refractivity contribution in [3.05, 3.63) is 72.3 Å². The van der Waals surface area contributed by atoms with Crippen molar-refractivity contribution >= 4 is 32.2 Å². The van der Waals surface area contributed by atoms with Gasteiger partial charge in [-0.05, 0) is 29.1 Å². The number of ether oxygens (including phenoxy) is 1. The van der Waals surface area contributed by atoms with Crippen LogP contribution in [-0.4, -0.2) is 27.2 Å². The number of amides is 1. The lowest BCUT2D eigenvalue weighted by Gasteiger charge is -2.25. The second kappa shape index (κ2) is 6.14. The van der Waals surface area contributed by atoms with Gasteiger partial charge in [-0.15, -0.1) is 0 Å². The SMILES string of the molecule is COc1ccc([C@H]2N(c3cccc4ccccc34)C(=O)CS2(=O)=O)cc1. The molecule has 0 bridgehead atoms. The van der Waals surface area contributed by atoms with E-state index in [0.717, 1.165) is 10.8 Å². The van der Waals surface area contributed by atoms with Crippen molar-refractivity contribution in [3.8, 4) is 5.75 Å². The Hall–Kier alpha value is -2.86. The molecule has 132 valence electrons. The van der Waals surface area contributed by atoms with Gasteiger partial charge in [-0.2, -0.15) is 0 Å². The van der Waals surface area contributed by atoms with Crippen molar-refractivity contribution in [2.45, 2.75) is 5.37 Å². The highest BCUT2D eigenvalue weighted by Gasteiger charge is 2.46. The smallest absolute Gasteiger partial charge is 0.243 e. The molecular weight excluding hydrogens is 350 g/mol. The van der Waals surface area contributed by atoms with Crippen molar-refractivity contribution in [2.75, 3.05) is 17.8 Å². The average molecular weight is 367 g/mol. The standard InChI is InChI=1S/C20H17NO4S/c1-25-16-11-9-15(10-12-16)20-21(19(22)13-26(20,23)24)18-8-4-6-14-5-2-3-7-17(14)18/h2-12,20H,13H2,1H3/t20-/m0/s1. The highest BCUT2D eigenvalue weighted by Crippen LogP contribution is 2.40. The summed E-state index contributed by atoms with van der Waals surface area (Å²) >= 11 is 0. The van der Waals surface area contributed by atoms with E-state index in [1.165, 1.54) is 4.90 Å². The summed E-state index contributed by atoms with van der Waals surface area (Å²) in [5.41, 5.74) is 1.15. The quantitative estimate of drug-likeness (QED) is 0.712. The maximum Gasteiger partial charge on any atom is 0.243 e. The molecule has 0 aliphatic carbocycles. The van der Waals surface area contributed by atoms with Crippen molar-refractivity contribution < 1.29 is 17.9 Å². The Bertz CT molecular complexity index is 1090. The molecule has 26 heavy (non-hydrogen) atoms. The zero-order valence-electron chi connectivity index (χ0n) is 14.1. The van der Waals surface area contributed by atoms with Gasteiger partial charge in [-0.1, -0.05) is 48.5 Å². The third kappa shape index (κ3) is 2.63. The number of hydrogen-bond donors (Lipinski definition) is 0. The first kappa shape index (κ1) is 16.6. The predicted molar refractivity (Wildman–Crippen MR) is 101 cm³/mol. The van der Waals surface area contributed by atoms with Gasteiger partial charge in [0.15, 0.2) is 15.2 Å². The van der Waals surface area contributed by atoms with E-state index >= 15 is 0 Å². The fourth-order valence-corrected chi connectivity index (χ4v) is 5.18. The molecule has 0 saturated carbocycles. The molecule has 3 aromatic rings. The molecule has 0 unspecified atom stereocenters. The molecule has 5 nitrogen and oxygen atoms in total. The molecule has 0 aromatic heterocycles. The molecule has 0 radical (unpaired) electrons. The van der Waals surface area contributed by atoms with Crippen molar-refractivity contribution in [2.24, 2.45) is 0 Å². The van der Waals surface area contributed by atoms with E-state index < -0.39 is 26.9 Å². The Balaban J connectivity index is 1.91. The van der Waals surface area contributed by atoms with Crippen LogP contribution >= 0.6 is 0 Å². The summed E-state index contributed by atoms with van der Waals surface area (Å²) in [4.78, 5) is 14.1. The van der Waals surface area contributed by atoms with Gasteiger partial charge in [0.05, 0.1) is 12.8 Å². The van der Waals surface area contributed by atoms with E-state index in [-0.39, 0.29) is 0 Å². The summed E-state index contributed by atoms with van der Waals surface area (Å²) in [7, 11) is -2.09. The lowest BCUT2D eigenvalue weighted by molar-refractivity contribution is -0.115. The van der Waals surface area contributed by atoms with E-state index in [9.17, 15) is 13.2 Å². The first-order valence-corrected chi connectivity index (χ1v) is 9.88. The summed E-state index contributed by atoms with van der Waals surface area (Å²) in [6.45, 7) is 0. The van der Waals surface area contributed by atoms with E-state index in [2.05, 4.69) is 0 Å². The normalized spacial score (nSPS) is 19.0. The van der Waals surface area contributed by atoms with Gasteiger partial charge in [0.25, 0.3) is 0 Å². The number of sulfone groups is 1. The molecule has 0 spiro atoms. The van der Waals surface area contributed by atoms with Crippen LogP contribution in [0.15, 0.2) is 66.7 Å². The molecule has 1 heterocycles. The van der Waals surface area contributed by atoms with Crippen LogP contribution in [0.3, 0.4) is 0 Å². The number of methoxy groups -OCH3 is 1. The minimum Gasteiger partial charge on any atom is -0.497 e. The minimum atomic E-state index is -3.64. The second-order valence-corrected chi connectivity index (χ2v) is 8.26. The summed E-state index contributed by atoms with van der Waals surface area (Å²) < 4.78 is 30.7. The van der Waals surface area contributed by atoms with Gasteiger partial charge in [-0.3, -0.25) is 9.69 Å². The molecule has 1 saturated heterocycles. The minimum absolute atomic E-state index is 0.415. The van der Waals surface area contributed by atoms with Crippen molar-refractivity contribution in [1.82, 2.24) is 0 Å². The van der Waals surface area contributed by atoms with Crippen LogP contribution in [0.2, 0.25) is 0 Å². The summed E-state index contributed by atoms with van der Waals surface area (Å²) in [5.74, 6) is -0.276. The molecule has 1 aliphatic heterocycles. The summed E-state index contributed by atoms with van der Waals surface area (Å²) in [5, 5.41) is 0.765. The largest absolute Gasteiger partial charge is 0.497 e. The molecule has 3 aromatic carbocycles. The van der Waals surface area contributed by atoms with Gasteiger partial charge in [0.2, 0.25) is 5.91 Å². The number of fused-ring (bicyclic) bond motifs is 1. The maximum absolute atomic E-state index is 12.8. The van der Waals surface area contributed by atoms with Crippen LogP contribution in [0.1, 0.15) is 10.9 Å². The number of carbonyl (C=O) groups is 1. The van der Waals surface area contributed by atoms with Gasteiger partial charge in [-0.25, -0.2) is 8.42 Å². The number of rotatable bonds is 3. The zero-order chi connectivity index (χ0) is 18.3. The Morgan fingerprint density at radius 1 is 0.962 bits per heavy atom. The Morgan fingerprint density at radius 2 is 1.65 bits per heavy atom. The number of benzene rings is 3. The van der Waals surface area contributed by atoms with Gasteiger partial charge in [0, 0.05) is 5.39 Å². The van der Waals surface area contributed by atoms with E-state index in [4.69, 9.17) is 4.74 Å². The number of hydrogen-bond acceptors (Lipinski definition) is 4. The van der Waals surface area contributed by atoms with Crippen LogP contribution in [0.4, 0.5) is 5.69 Å². The van der Waals surface area contributed by atoms with Crippen LogP contribution < -0.4 is 9.64 Å². The molecule has 4 rings (SSSR count). The number of anilines is 1. The molecule has 0 N–H and O–H groups in total. The predicted octanol–water partition coefficient (Wildman–Crippen LogP) is 3.31. The lowest BCUT2D eigenvalue weighted by atomic mass is 10.1. The van der Waals surface area contributed by atoms with Crippen LogP contribution in [0, 0.1) is 0 Å². The summed E-state index contributed by atoms with van der Waals surface area (Å²) in [6.07, 6.45) is 0. The highest BCUT2D eigenvalue weighted by atomic mass is 32.2. The van der Waals surface area contributed by atoms with E-state index in [1.54, 1.807) is 37.4 Å². The Labute approximate surface area is 151 Å². The molecule has 1 aliphatic rings. The zero-order valence-corrected chi connectivity index (χ0v) is 14.9. The number of carbonyl (C=O) groups excluding carboxylic acids is 1. The lowest BCUT2D eigenvalue weighted by Crippen LogP contribution is -2.29. The molecule has 1 amide bonds. The van der Waals surface area contributed by atoms with Crippen molar-refractivity contribution in [3.63, 3.8) is 0 Å². The van der Waals surface area contributed by atoms with Crippen molar-refractivity contribution in [1.29, 1.82) is 0 Å².